The zero-order valence-corrected chi connectivity index (χ0v) is 18.8. The van der Waals surface area contributed by atoms with E-state index in [9.17, 15) is 14.0 Å². The first-order chi connectivity index (χ1) is 15.9. The number of nitrogens with zero attached hydrogens (tertiary/aromatic N) is 1. The first kappa shape index (κ1) is 22.3. The Labute approximate surface area is 192 Å². The molecule has 4 rings (SSSR count). The van der Waals surface area contributed by atoms with E-state index in [1.807, 2.05) is 39.0 Å². The second-order valence-electron chi connectivity index (χ2n) is 8.05. The van der Waals surface area contributed by atoms with Crippen LogP contribution >= 0.6 is 0 Å². The van der Waals surface area contributed by atoms with Gasteiger partial charge in [-0.1, -0.05) is 31.2 Å². The molecule has 1 N–H and O–H groups in total. The van der Waals surface area contributed by atoms with Gasteiger partial charge in [-0.3, -0.25) is 9.59 Å². The Morgan fingerprint density at radius 1 is 0.909 bits per heavy atom. The summed E-state index contributed by atoms with van der Waals surface area (Å²) in [4.78, 5) is 28.2. The second-order valence-corrected chi connectivity index (χ2v) is 8.05. The molecule has 3 aromatic carbocycles. The van der Waals surface area contributed by atoms with Crippen LogP contribution in [0, 0.1) is 19.7 Å². The Bertz CT molecular complexity index is 1230. The molecule has 0 saturated heterocycles. The van der Waals surface area contributed by atoms with Crippen LogP contribution in [0.25, 0.3) is 5.57 Å². The van der Waals surface area contributed by atoms with Crippen LogP contribution in [0.5, 0.6) is 5.75 Å². The number of nitrogens with one attached hydrogen (secondary N) is 1. The summed E-state index contributed by atoms with van der Waals surface area (Å²) in [5.74, 6) is -0.802. The molecule has 0 aliphatic carbocycles. The quantitative estimate of drug-likeness (QED) is 0.480. The standard InChI is InChI=1S/C27H25FN2O3/c1-4-12-33-23-7-5-6-22(16-23)30-26(31)24(19-8-10-20(28)11-9-19)25(27(30)32)29-21-14-17(2)13-18(3)15-21/h5-11,13-16,29H,4,12H2,1-3H3. The molecule has 1 aliphatic heterocycles. The van der Waals surface area contributed by atoms with Crippen LogP contribution in [-0.2, 0) is 9.59 Å². The summed E-state index contributed by atoms with van der Waals surface area (Å²) >= 11 is 0. The Hall–Kier alpha value is -3.93. The first-order valence-corrected chi connectivity index (χ1v) is 10.8. The normalized spacial score (nSPS) is 13.6. The van der Waals surface area contributed by atoms with E-state index in [0.29, 0.717) is 29.3 Å². The number of carbonyl (C=O) groups excluding carboxylic acids is 2. The van der Waals surface area contributed by atoms with E-state index in [1.54, 1.807) is 24.3 Å². The summed E-state index contributed by atoms with van der Waals surface area (Å²) in [6.45, 7) is 6.46. The lowest BCUT2D eigenvalue weighted by atomic mass is 10.0. The van der Waals surface area contributed by atoms with E-state index in [-0.39, 0.29) is 11.3 Å². The highest BCUT2D eigenvalue weighted by Gasteiger charge is 2.40. The number of amides is 2. The zero-order valence-electron chi connectivity index (χ0n) is 18.8. The van der Waals surface area contributed by atoms with Crippen molar-refractivity contribution in [3.05, 3.63) is 94.9 Å². The van der Waals surface area contributed by atoms with E-state index >= 15 is 0 Å². The van der Waals surface area contributed by atoms with Gasteiger partial charge in [-0.05, 0) is 73.4 Å². The maximum atomic E-state index is 13.6. The van der Waals surface area contributed by atoms with Gasteiger partial charge in [-0.25, -0.2) is 9.29 Å². The van der Waals surface area contributed by atoms with E-state index < -0.39 is 17.6 Å². The van der Waals surface area contributed by atoms with Crippen molar-refractivity contribution < 1.29 is 18.7 Å². The van der Waals surface area contributed by atoms with Gasteiger partial charge in [-0.15, -0.1) is 0 Å². The highest BCUT2D eigenvalue weighted by molar-refractivity contribution is 6.46. The zero-order chi connectivity index (χ0) is 23.5. The first-order valence-electron chi connectivity index (χ1n) is 10.8. The number of hydrogen-bond donors (Lipinski definition) is 1. The highest BCUT2D eigenvalue weighted by Crippen LogP contribution is 2.35. The molecule has 168 valence electrons. The van der Waals surface area contributed by atoms with Crippen molar-refractivity contribution >= 4 is 28.8 Å². The van der Waals surface area contributed by atoms with Crippen molar-refractivity contribution in [1.82, 2.24) is 0 Å². The van der Waals surface area contributed by atoms with Crippen molar-refractivity contribution in [3.63, 3.8) is 0 Å². The lowest BCUT2D eigenvalue weighted by Gasteiger charge is -2.17. The number of imide groups is 1. The Balaban J connectivity index is 1.78. The Morgan fingerprint density at radius 2 is 1.61 bits per heavy atom. The summed E-state index contributed by atoms with van der Waals surface area (Å²) in [7, 11) is 0. The van der Waals surface area contributed by atoms with Gasteiger partial charge in [0.25, 0.3) is 11.8 Å². The number of rotatable bonds is 7. The maximum absolute atomic E-state index is 13.6. The molecular formula is C27H25FN2O3. The number of benzene rings is 3. The Morgan fingerprint density at radius 3 is 2.27 bits per heavy atom. The average molecular weight is 445 g/mol. The lowest BCUT2D eigenvalue weighted by molar-refractivity contribution is -0.120. The fourth-order valence-corrected chi connectivity index (χ4v) is 3.89. The van der Waals surface area contributed by atoms with Crippen molar-refractivity contribution in [2.45, 2.75) is 27.2 Å². The fraction of sp³-hybridized carbons (Fsp3) is 0.185. The van der Waals surface area contributed by atoms with Crippen LogP contribution in [0.2, 0.25) is 0 Å². The van der Waals surface area contributed by atoms with Crippen molar-refractivity contribution in [2.75, 3.05) is 16.8 Å². The minimum absolute atomic E-state index is 0.150. The van der Waals surface area contributed by atoms with Crippen LogP contribution in [0.3, 0.4) is 0 Å². The highest BCUT2D eigenvalue weighted by atomic mass is 19.1. The monoisotopic (exact) mass is 444 g/mol. The van der Waals surface area contributed by atoms with Gasteiger partial charge in [-0.2, -0.15) is 0 Å². The number of hydrogen-bond acceptors (Lipinski definition) is 4. The minimum atomic E-state index is -0.480. The number of ether oxygens (including phenoxy) is 1. The molecule has 0 radical (unpaired) electrons. The third-order valence-corrected chi connectivity index (χ3v) is 5.26. The third-order valence-electron chi connectivity index (χ3n) is 5.26. The molecular weight excluding hydrogens is 419 g/mol. The maximum Gasteiger partial charge on any atom is 0.282 e. The minimum Gasteiger partial charge on any atom is -0.494 e. The molecule has 0 aromatic heterocycles. The van der Waals surface area contributed by atoms with Gasteiger partial charge < -0.3 is 10.1 Å². The third kappa shape index (κ3) is 4.65. The number of halogens is 1. The molecule has 0 fully saturated rings. The molecule has 5 nitrogen and oxygen atoms in total. The van der Waals surface area contributed by atoms with E-state index in [4.69, 9.17) is 4.74 Å². The summed E-state index contributed by atoms with van der Waals surface area (Å²) in [5, 5.41) is 3.16. The molecule has 0 atom stereocenters. The van der Waals surface area contributed by atoms with Crippen LogP contribution in [0.4, 0.5) is 15.8 Å². The number of aryl methyl sites for hydroxylation is 2. The van der Waals surface area contributed by atoms with E-state index in [1.165, 1.54) is 24.3 Å². The second kappa shape index (κ2) is 9.28. The van der Waals surface area contributed by atoms with Gasteiger partial charge in [0.05, 0.1) is 17.9 Å². The summed E-state index contributed by atoms with van der Waals surface area (Å²) in [6.07, 6.45) is 0.839. The predicted molar refractivity (Wildman–Crippen MR) is 128 cm³/mol. The van der Waals surface area contributed by atoms with E-state index in [2.05, 4.69) is 5.32 Å². The SMILES string of the molecule is CCCOc1cccc(N2C(=O)C(Nc3cc(C)cc(C)c3)=C(c3ccc(F)cc3)C2=O)c1. The smallest absolute Gasteiger partial charge is 0.282 e. The summed E-state index contributed by atoms with van der Waals surface area (Å²) in [5.41, 5.74) is 3.96. The van der Waals surface area contributed by atoms with Crippen LogP contribution < -0.4 is 15.0 Å². The van der Waals surface area contributed by atoms with Gasteiger partial charge in [0.15, 0.2) is 0 Å². The van der Waals surface area contributed by atoms with Crippen LogP contribution in [-0.4, -0.2) is 18.4 Å². The topological polar surface area (TPSA) is 58.6 Å². The fourth-order valence-electron chi connectivity index (χ4n) is 3.89. The van der Waals surface area contributed by atoms with Gasteiger partial charge in [0, 0.05) is 11.8 Å². The van der Waals surface area contributed by atoms with Crippen molar-refractivity contribution in [2.24, 2.45) is 0 Å². The Kier molecular flexibility index (Phi) is 6.27. The van der Waals surface area contributed by atoms with Crippen LogP contribution in [0.1, 0.15) is 30.0 Å². The van der Waals surface area contributed by atoms with Crippen molar-refractivity contribution in [1.29, 1.82) is 0 Å². The predicted octanol–water partition coefficient (Wildman–Crippen LogP) is 5.63. The molecule has 33 heavy (non-hydrogen) atoms. The molecule has 1 aliphatic rings. The largest absolute Gasteiger partial charge is 0.494 e. The summed E-state index contributed by atoms with van der Waals surface area (Å²) < 4.78 is 19.2. The molecule has 0 saturated carbocycles. The molecule has 3 aromatic rings. The van der Waals surface area contributed by atoms with Gasteiger partial charge in [0.1, 0.15) is 17.3 Å². The lowest BCUT2D eigenvalue weighted by Crippen LogP contribution is -2.32. The van der Waals surface area contributed by atoms with Gasteiger partial charge >= 0.3 is 0 Å². The molecule has 0 unspecified atom stereocenters. The van der Waals surface area contributed by atoms with E-state index in [0.717, 1.165) is 22.4 Å². The molecule has 2 amide bonds. The van der Waals surface area contributed by atoms with Gasteiger partial charge in [0.2, 0.25) is 0 Å². The van der Waals surface area contributed by atoms with Crippen LogP contribution in [0.15, 0.2) is 72.4 Å². The average Bonchev–Trinajstić information content (AvgIpc) is 3.02. The molecule has 6 heteroatoms. The molecule has 1 heterocycles. The number of anilines is 2. The molecule has 0 bridgehead atoms. The van der Waals surface area contributed by atoms with Crippen molar-refractivity contribution in [3.8, 4) is 5.75 Å². The molecule has 0 spiro atoms. The number of carbonyl (C=O) groups is 2. The summed E-state index contributed by atoms with van der Waals surface area (Å²) in [6, 6.07) is 18.3.